The van der Waals surface area contributed by atoms with Gasteiger partial charge in [-0.25, -0.2) is 4.98 Å². The first kappa shape index (κ1) is 13.3. The first-order valence-corrected chi connectivity index (χ1v) is 7.12. The van der Waals surface area contributed by atoms with Crippen LogP contribution in [0.4, 0.5) is 0 Å². The molecule has 1 fully saturated rings. The summed E-state index contributed by atoms with van der Waals surface area (Å²) in [5, 5.41) is 5.87. The lowest BCUT2D eigenvalue weighted by atomic mass is 10.1. The molecule has 0 aliphatic heterocycles. The minimum Gasteiger partial charge on any atom is -0.349 e. The maximum atomic E-state index is 12.1. The third-order valence-corrected chi connectivity index (χ3v) is 4.38. The SMILES string of the molecule is CC(C)=C[C@H]1[C@H](C(=O)NCc2nccs2)C1(C)C. The van der Waals surface area contributed by atoms with Crippen molar-refractivity contribution in [3.8, 4) is 0 Å². The van der Waals surface area contributed by atoms with Crippen LogP contribution in [0, 0.1) is 17.3 Å². The van der Waals surface area contributed by atoms with Gasteiger partial charge < -0.3 is 5.32 Å². The molecule has 2 atom stereocenters. The van der Waals surface area contributed by atoms with Gasteiger partial charge >= 0.3 is 0 Å². The maximum absolute atomic E-state index is 12.1. The van der Waals surface area contributed by atoms with E-state index in [0.717, 1.165) is 5.01 Å². The molecule has 4 heteroatoms. The van der Waals surface area contributed by atoms with Crippen molar-refractivity contribution < 1.29 is 4.79 Å². The molecule has 0 unspecified atom stereocenters. The number of carbonyl (C=O) groups excluding carboxylic acids is 1. The molecule has 1 amide bonds. The van der Waals surface area contributed by atoms with Crippen LogP contribution in [-0.4, -0.2) is 10.9 Å². The van der Waals surface area contributed by atoms with Crippen LogP contribution in [0.3, 0.4) is 0 Å². The van der Waals surface area contributed by atoms with Gasteiger partial charge in [0.25, 0.3) is 0 Å². The van der Waals surface area contributed by atoms with Gasteiger partial charge in [0.2, 0.25) is 5.91 Å². The topological polar surface area (TPSA) is 42.0 Å². The second-order valence-corrected chi connectivity index (χ2v) is 6.69. The maximum Gasteiger partial charge on any atom is 0.224 e. The number of aromatic nitrogens is 1. The van der Waals surface area contributed by atoms with E-state index < -0.39 is 0 Å². The number of nitrogens with one attached hydrogen (secondary N) is 1. The summed E-state index contributed by atoms with van der Waals surface area (Å²) in [6.45, 7) is 9.03. The van der Waals surface area contributed by atoms with Crippen LogP contribution in [-0.2, 0) is 11.3 Å². The number of nitrogens with zero attached hydrogens (tertiary/aromatic N) is 1. The fourth-order valence-corrected chi connectivity index (χ4v) is 3.02. The molecular formula is C14H20N2OS. The van der Waals surface area contributed by atoms with Gasteiger partial charge in [-0.15, -0.1) is 11.3 Å². The number of thiazole rings is 1. The van der Waals surface area contributed by atoms with Gasteiger partial charge in [0.1, 0.15) is 5.01 Å². The minimum absolute atomic E-state index is 0.0875. The third-order valence-electron chi connectivity index (χ3n) is 3.60. The molecule has 1 aliphatic carbocycles. The normalized spacial score (nSPS) is 24.4. The van der Waals surface area contributed by atoms with E-state index in [2.05, 4.69) is 44.1 Å². The van der Waals surface area contributed by atoms with Crippen LogP contribution in [0.1, 0.15) is 32.7 Å². The number of carbonyl (C=O) groups is 1. The van der Waals surface area contributed by atoms with Gasteiger partial charge in [0, 0.05) is 11.6 Å². The Hall–Kier alpha value is -1.16. The average molecular weight is 264 g/mol. The van der Waals surface area contributed by atoms with Crippen molar-refractivity contribution >= 4 is 17.2 Å². The Morgan fingerprint density at radius 3 is 2.83 bits per heavy atom. The van der Waals surface area contributed by atoms with Crippen molar-refractivity contribution in [2.24, 2.45) is 17.3 Å². The van der Waals surface area contributed by atoms with E-state index in [4.69, 9.17) is 0 Å². The Kier molecular flexibility index (Phi) is 3.57. The van der Waals surface area contributed by atoms with E-state index in [9.17, 15) is 4.79 Å². The molecule has 1 saturated carbocycles. The summed E-state index contributed by atoms with van der Waals surface area (Å²) in [5.74, 6) is 0.629. The van der Waals surface area contributed by atoms with Crippen LogP contribution in [0.25, 0.3) is 0 Å². The molecule has 1 aromatic heterocycles. The van der Waals surface area contributed by atoms with Crippen LogP contribution < -0.4 is 5.32 Å². The highest BCUT2D eigenvalue weighted by Crippen LogP contribution is 2.59. The molecule has 1 N–H and O–H groups in total. The molecule has 18 heavy (non-hydrogen) atoms. The van der Waals surface area contributed by atoms with Gasteiger partial charge in [-0.3, -0.25) is 4.79 Å². The quantitative estimate of drug-likeness (QED) is 0.849. The smallest absolute Gasteiger partial charge is 0.224 e. The molecule has 0 bridgehead atoms. The van der Waals surface area contributed by atoms with E-state index >= 15 is 0 Å². The van der Waals surface area contributed by atoms with E-state index in [1.807, 2.05) is 5.38 Å². The Balaban J connectivity index is 1.92. The van der Waals surface area contributed by atoms with Crippen LogP contribution in [0.5, 0.6) is 0 Å². The summed E-state index contributed by atoms with van der Waals surface area (Å²) in [5.41, 5.74) is 1.37. The first-order chi connectivity index (χ1) is 8.43. The number of hydrogen-bond donors (Lipinski definition) is 1. The molecular weight excluding hydrogens is 244 g/mol. The molecule has 98 valence electrons. The summed E-state index contributed by atoms with van der Waals surface area (Å²) in [6.07, 6.45) is 3.98. The predicted octanol–water partition coefficient (Wildman–Crippen LogP) is 3.00. The van der Waals surface area contributed by atoms with Crippen LogP contribution in [0.2, 0.25) is 0 Å². The van der Waals surface area contributed by atoms with Crippen molar-refractivity contribution in [1.82, 2.24) is 10.3 Å². The van der Waals surface area contributed by atoms with Crippen LogP contribution >= 0.6 is 11.3 Å². The Morgan fingerprint density at radius 2 is 2.28 bits per heavy atom. The average Bonchev–Trinajstić information content (AvgIpc) is 2.70. The standard InChI is InChI=1S/C14H20N2OS/c1-9(2)7-10-12(14(10,3)4)13(17)16-8-11-15-5-6-18-11/h5-7,10,12H,8H2,1-4H3,(H,16,17)/t10-,12+/m0/s1. The van der Waals surface area contributed by atoms with Gasteiger partial charge in [0.05, 0.1) is 12.5 Å². The van der Waals surface area contributed by atoms with Crippen molar-refractivity contribution in [1.29, 1.82) is 0 Å². The van der Waals surface area contributed by atoms with Crippen LogP contribution in [0.15, 0.2) is 23.2 Å². The first-order valence-electron chi connectivity index (χ1n) is 6.24. The predicted molar refractivity (Wildman–Crippen MR) is 74.2 cm³/mol. The highest BCUT2D eigenvalue weighted by molar-refractivity contribution is 7.09. The molecule has 3 nitrogen and oxygen atoms in total. The van der Waals surface area contributed by atoms with E-state index in [1.165, 1.54) is 5.57 Å². The highest BCUT2D eigenvalue weighted by Gasteiger charge is 2.60. The molecule has 1 heterocycles. The second-order valence-electron chi connectivity index (χ2n) is 5.71. The monoisotopic (exact) mass is 264 g/mol. The van der Waals surface area contributed by atoms with Crippen molar-refractivity contribution in [2.45, 2.75) is 34.2 Å². The zero-order valence-corrected chi connectivity index (χ0v) is 12.2. The van der Waals surface area contributed by atoms with Gasteiger partial charge in [0.15, 0.2) is 0 Å². The number of rotatable bonds is 4. The Labute approximate surface area is 112 Å². The molecule has 0 aromatic carbocycles. The summed E-state index contributed by atoms with van der Waals surface area (Å²) in [4.78, 5) is 16.3. The summed E-state index contributed by atoms with van der Waals surface area (Å²) < 4.78 is 0. The summed E-state index contributed by atoms with van der Waals surface area (Å²) in [7, 11) is 0. The van der Waals surface area contributed by atoms with E-state index in [0.29, 0.717) is 12.5 Å². The van der Waals surface area contributed by atoms with Gasteiger partial charge in [-0.1, -0.05) is 25.5 Å². The number of amides is 1. The molecule has 0 spiro atoms. The lowest BCUT2D eigenvalue weighted by Crippen LogP contribution is -2.26. The molecule has 0 radical (unpaired) electrons. The second kappa shape index (κ2) is 4.84. The fraction of sp³-hybridized carbons (Fsp3) is 0.571. The lowest BCUT2D eigenvalue weighted by molar-refractivity contribution is -0.123. The molecule has 0 saturated heterocycles. The summed E-state index contributed by atoms with van der Waals surface area (Å²) in [6, 6.07) is 0. The lowest BCUT2D eigenvalue weighted by Gasteiger charge is -2.03. The Bertz CT molecular complexity index is 458. The minimum atomic E-state index is 0.0875. The zero-order chi connectivity index (χ0) is 13.3. The fourth-order valence-electron chi connectivity index (χ4n) is 2.46. The highest BCUT2D eigenvalue weighted by atomic mass is 32.1. The van der Waals surface area contributed by atoms with E-state index in [-0.39, 0.29) is 17.2 Å². The van der Waals surface area contributed by atoms with E-state index in [1.54, 1.807) is 17.5 Å². The zero-order valence-electron chi connectivity index (χ0n) is 11.4. The third kappa shape index (κ3) is 2.64. The molecule has 1 aliphatic rings. The summed E-state index contributed by atoms with van der Waals surface area (Å²) >= 11 is 1.57. The van der Waals surface area contributed by atoms with Gasteiger partial charge in [-0.2, -0.15) is 0 Å². The molecule has 2 rings (SSSR count). The van der Waals surface area contributed by atoms with Crippen molar-refractivity contribution in [2.75, 3.05) is 0 Å². The Morgan fingerprint density at radius 1 is 1.56 bits per heavy atom. The van der Waals surface area contributed by atoms with Crippen molar-refractivity contribution in [3.05, 3.63) is 28.2 Å². The number of hydrogen-bond acceptors (Lipinski definition) is 3. The molecule has 1 aromatic rings. The number of allylic oxidation sites excluding steroid dienone is 2. The van der Waals surface area contributed by atoms with Crippen molar-refractivity contribution in [3.63, 3.8) is 0 Å². The van der Waals surface area contributed by atoms with Gasteiger partial charge in [-0.05, 0) is 25.2 Å². The largest absolute Gasteiger partial charge is 0.349 e.